The quantitative estimate of drug-likeness (QED) is 0.461. The summed E-state index contributed by atoms with van der Waals surface area (Å²) in [6.45, 7) is 2.08. The lowest BCUT2D eigenvalue weighted by atomic mass is 10.2. The van der Waals surface area contributed by atoms with Gasteiger partial charge in [0.05, 0.1) is 24.3 Å². The Bertz CT molecular complexity index is 1200. The molecule has 3 aromatic carbocycles. The van der Waals surface area contributed by atoms with Crippen LogP contribution in [0, 0.1) is 0 Å². The summed E-state index contributed by atoms with van der Waals surface area (Å²) in [5.41, 5.74) is 0.948. The predicted octanol–water partition coefficient (Wildman–Crippen LogP) is 4.26. The largest absolute Gasteiger partial charge is 0.495 e. The van der Waals surface area contributed by atoms with Gasteiger partial charge in [-0.05, 0) is 43.3 Å². The van der Waals surface area contributed by atoms with E-state index in [1.807, 2.05) is 31.2 Å². The van der Waals surface area contributed by atoms with Crippen molar-refractivity contribution in [2.45, 2.75) is 18.4 Å². The van der Waals surface area contributed by atoms with Gasteiger partial charge in [0.2, 0.25) is 5.91 Å². The molecule has 0 aliphatic carbocycles. The Hall–Kier alpha value is -3.23. The fraction of sp³-hybridized carbons (Fsp3) is 0.208. The molecule has 0 aliphatic rings. The highest BCUT2D eigenvalue weighted by Gasteiger charge is 2.29. The summed E-state index contributed by atoms with van der Waals surface area (Å²) in [6, 6.07) is 19.8. The Kier molecular flexibility index (Phi) is 8.19. The zero-order chi connectivity index (χ0) is 23.8. The van der Waals surface area contributed by atoms with Crippen LogP contribution < -0.4 is 19.1 Å². The number of anilines is 1. The fourth-order valence-corrected chi connectivity index (χ4v) is 4.81. The number of nitrogens with one attached hydrogen (secondary N) is 1. The van der Waals surface area contributed by atoms with Gasteiger partial charge in [0.1, 0.15) is 18.0 Å². The van der Waals surface area contributed by atoms with Crippen molar-refractivity contribution in [1.82, 2.24) is 5.32 Å². The molecular formula is C24H25ClN2O5S. The van der Waals surface area contributed by atoms with Crippen molar-refractivity contribution in [1.29, 1.82) is 0 Å². The third-order valence-corrected chi connectivity index (χ3v) is 6.79. The molecule has 0 aromatic heterocycles. The molecule has 7 nitrogen and oxygen atoms in total. The van der Waals surface area contributed by atoms with E-state index in [0.717, 1.165) is 9.87 Å². The number of carbonyl (C=O) groups excluding carboxylic acids is 1. The third kappa shape index (κ3) is 5.97. The van der Waals surface area contributed by atoms with Crippen LogP contribution in [0.4, 0.5) is 5.69 Å². The Morgan fingerprint density at radius 3 is 2.39 bits per heavy atom. The first kappa shape index (κ1) is 24.4. The number of amides is 1. The van der Waals surface area contributed by atoms with Gasteiger partial charge >= 0.3 is 0 Å². The molecule has 0 saturated carbocycles. The van der Waals surface area contributed by atoms with E-state index < -0.39 is 22.5 Å². The van der Waals surface area contributed by atoms with Crippen molar-refractivity contribution in [3.05, 3.63) is 83.4 Å². The normalized spacial score (nSPS) is 11.0. The van der Waals surface area contributed by atoms with E-state index in [9.17, 15) is 13.2 Å². The van der Waals surface area contributed by atoms with Crippen LogP contribution >= 0.6 is 11.6 Å². The van der Waals surface area contributed by atoms with Crippen molar-refractivity contribution >= 4 is 33.2 Å². The van der Waals surface area contributed by atoms with Crippen LogP contribution in [0.1, 0.15) is 12.5 Å². The highest BCUT2D eigenvalue weighted by molar-refractivity contribution is 7.92. The van der Waals surface area contributed by atoms with Crippen LogP contribution in [0.2, 0.25) is 5.02 Å². The molecule has 174 valence electrons. The summed E-state index contributed by atoms with van der Waals surface area (Å²) in [5.74, 6) is 0.432. The van der Waals surface area contributed by atoms with E-state index in [1.54, 1.807) is 30.3 Å². The summed E-state index contributed by atoms with van der Waals surface area (Å²) in [6.07, 6.45) is 0. The van der Waals surface area contributed by atoms with E-state index in [1.165, 1.54) is 25.3 Å². The van der Waals surface area contributed by atoms with Gasteiger partial charge in [0, 0.05) is 17.1 Å². The van der Waals surface area contributed by atoms with E-state index in [2.05, 4.69) is 5.32 Å². The molecule has 3 rings (SSSR count). The summed E-state index contributed by atoms with van der Waals surface area (Å²) in [7, 11) is -2.67. The van der Waals surface area contributed by atoms with Gasteiger partial charge in [-0.15, -0.1) is 0 Å². The minimum atomic E-state index is -4.09. The zero-order valence-corrected chi connectivity index (χ0v) is 19.9. The number of para-hydroxylation sites is 1. The van der Waals surface area contributed by atoms with Gasteiger partial charge in [-0.2, -0.15) is 0 Å². The van der Waals surface area contributed by atoms with Crippen molar-refractivity contribution in [2.24, 2.45) is 0 Å². The van der Waals surface area contributed by atoms with Crippen LogP contribution in [-0.2, 0) is 21.4 Å². The van der Waals surface area contributed by atoms with Gasteiger partial charge in [0.25, 0.3) is 10.0 Å². The number of sulfonamides is 1. The topological polar surface area (TPSA) is 84.9 Å². The Balaban J connectivity index is 1.91. The molecule has 0 spiro atoms. The molecule has 3 aromatic rings. The average molecular weight is 489 g/mol. The number of rotatable bonds is 10. The van der Waals surface area contributed by atoms with Crippen LogP contribution in [0.3, 0.4) is 0 Å². The second kappa shape index (κ2) is 11.1. The lowest BCUT2D eigenvalue weighted by Crippen LogP contribution is -2.41. The molecule has 0 bridgehead atoms. The third-order valence-electron chi connectivity index (χ3n) is 4.78. The molecule has 0 unspecified atom stereocenters. The zero-order valence-electron chi connectivity index (χ0n) is 18.3. The first-order valence-electron chi connectivity index (χ1n) is 10.3. The number of nitrogens with zero attached hydrogens (tertiary/aromatic N) is 1. The van der Waals surface area contributed by atoms with E-state index in [-0.39, 0.29) is 22.9 Å². The molecule has 0 atom stereocenters. The minimum Gasteiger partial charge on any atom is -0.495 e. The Morgan fingerprint density at radius 2 is 1.70 bits per heavy atom. The second-order valence-corrected chi connectivity index (χ2v) is 9.26. The van der Waals surface area contributed by atoms with E-state index >= 15 is 0 Å². The molecule has 33 heavy (non-hydrogen) atoms. The van der Waals surface area contributed by atoms with Gasteiger partial charge in [-0.1, -0.05) is 48.0 Å². The van der Waals surface area contributed by atoms with Gasteiger partial charge in [-0.3, -0.25) is 9.10 Å². The molecular weight excluding hydrogens is 464 g/mol. The van der Waals surface area contributed by atoms with Crippen LogP contribution in [-0.4, -0.2) is 34.6 Å². The van der Waals surface area contributed by atoms with Crippen molar-refractivity contribution in [3.63, 3.8) is 0 Å². The van der Waals surface area contributed by atoms with Gasteiger partial charge < -0.3 is 14.8 Å². The summed E-state index contributed by atoms with van der Waals surface area (Å²) >= 11 is 6.15. The first-order chi connectivity index (χ1) is 15.9. The lowest BCUT2D eigenvalue weighted by Gasteiger charge is -2.26. The van der Waals surface area contributed by atoms with Crippen LogP contribution in [0.5, 0.6) is 11.5 Å². The smallest absolute Gasteiger partial charge is 0.264 e. The Morgan fingerprint density at radius 1 is 1.00 bits per heavy atom. The summed E-state index contributed by atoms with van der Waals surface area (Å²) in [4.78, 5) is 12.9. The van der Waals surface area contributed by atoms with E-state index in [4.69, 9.17) is 21.1 Å². The first-order valence-corrected chi connectivity index (χ1v) is 12.1. The minimum absolute atomic E-state index is 0.0431. The average Bonchev–Trinajstić information content (AvgIpc) is 2.82. The maximum absolute atomic E-state index is 13.5. The van der Waals surface area contributed by atoms with Gasteiger partial charge in [0.15, 0.2) is 0 Å². The second-order valence-electron chi connectivity index (χ2n) is 6.96. The number of methoxy groups -OCH3 is 1. The molecule has 0 saturated heterocycles. The maximum atomic E-state index is 13.5. The maximum Gasteiger partial charge on any atom is 0.264 e. The number of hydrogen-bond donors (Lipinski definition) is 1. The fourth-order valence-electron chi connectivity index (χ4n) is 3.20. The molecule has 0 fully saturated rings. The highest BCUT2D eigenvalue weighted by atomic mass is 35.5. The number of halogens is 1. The molecule has 1 amide bonds. The van der Waals surface area contributed by atoms with Crippen molar-refractivity contribution < 1.29 is 22.7 Å². The summed E-state index contributed by atoms with van der Waals surface area (Å²) < 4.78 is 38.9. The highest BCUT2D eigenvalue weighted by Crippen LogP contribution is 2.34. The van der Waals surface area contributed by atoms with Crippen LogP contribution in [0.25, 0.3) is 0 Å². The number of ether oxygens (including phenoxy) is 2. The predicted molar refractivity (Wildman–Crippen MR) is 128 cm³/mol. The number of hydrogen-bond acceptors (Lipinski definition) is 5. The molecule has 0 aliphatic heterocycles. The van der Waals surface area contributed by atoms with Gasteiger partial charge in [-0.25, -0.2) is 8.42 Å². The standard InChI is InChI=1S/C24H25ClN2O5S/c1-3-32-22-12-8-7-9-18(22)16-26-24(28)17-27(21-15-19(25)13-14-23(21)31-2)33(29,30)20-10-5-4-6-11-20/h4-15H,3,16-17H2,1-2H3,(H,26,28). The summed E-state index contributed by atoms with van der Waals surface area (Å²) in [5, 5.41) is 3.09. The van der Waals surface area contributed by atoms with Crippen molar-refractivity contribution in [2.75, 3.05) is 24.6 Å². The molecule has 1 N–H and O–H groups in total. The monoisotopic (exact) mass is 488 g/mol. The Labute approximate surface area is 198 Å². The molecule has 9 heteroatoms. The molecule has 0 radical (unpaired) electrons. The van der Waals surface area contributed by atoms with E-state index in [0.29, 0.717) is 17.4 Å². The lowest BCUT2D eigenvalue weighted by molar-refractivity contribution is -0.119. The SMILES string of the molecule is CCOc1ccccc1CNC(=O)CN(c1cc(Cl)ccc1OC)S(=O)(=O)c1ccccc1. The number of carbonyl (C=O) groups is 1. The molecule has 0 heterocycles. The van der Waals surface area contributed by atoms with Crippen LogP contribution in [0.15, 0.2) is 77.7 Å². The van der Waals surface area contributed by atoms with Crippen molar-refractivity contribution in [3.8, 4) is 11.5 Å². The number of benzene rings is 3.